The number of rotatable bonds is 6. The maximum absolute atomic E-state index is 12.8. The average molecular weight is 486 g/mol. The van der Waals surface area contributed by atoms with Crippen molar-refractivity contribution in [1.82, 2.24) is 30.5 Å². The van der Waals surface area contributed by atoms with E-state index in [1.54, 1.807) is 30.5 Å². The number of primary amides is 1. The molecule has 2 heterocycles. The highest BCUT2D eigenvalue weighted by atomic mass is 79.9. The number of hydrogen-bond acceptors (Lipinski definition) is 7. The molecule has 0 aliphatic heterocycles. The molecule has 2 aromatic heterocycles. The summed E-state index contributed by atoms with van der Waals surface area (Å²) in [4.78, 5) is 28.5. The molecule has 0 unspecified atom stereocenters. The van der Waals surface area contributed by atoms with E-state index in [2.05, 4.69) is 41.8 Å². The summed E-state index contributed by atoms with van der Waals surface area (Å²) in [5, 5.41) is 14.2. The minimum Gasteiger partial charge on any atom is -0.474 e. The summed E-state index contributed by atoms with van der Waals surface area (Å²) in [7, 11) is 0. The molecule has 0 saturated heterocycles. The van der Waals surface area contributed by atoms with Gasteiger partial charge in [-0.2, -0.15) is 0 Å². The van der Waals surface area contributed by atoms with E-state index < -0.39 is 5.91 Å². The van der Waals surface area contributed by atoms with E-state index in [-0.39, 0.29) is 29.5 Å². The molecule has 2 amide bonds. The van der Waals surface area contributed by atoms with Crippen molar-refractivity contribution in [1.29, 1.82) is 0 Å². The van der Waals surface area contributed by atoms with Gasteiger partial charge in [0.25, 0.3) is 11.8 Å². The highest BCUT2D eigenvalue weighted by molar-refractivity contribution is 9.10. The van der Waals surface area contributed by atoms with Crippen molar-refractivity contribution < 1.29 is 14.3 Å². The number of nitrogens with zero attached hydrogens (tertiary/aromatic N) is 5. The van der Waals surface area contributed by atoms with E-state index in [0.717, 1.165) is 30.2 Å². The first-order valence-corrected chi connectivity index (χ1v) is 10.5. The van der Waals surface area contributed by atoms with Gasteiger partial charge in [-0.25, -0.2) is 9.67 Å². The summed E-state index contributed by atoms with van der Waals surface area (Å²) in [6.07, 6.45) is 5.91. The number of carbonyl (C=O) groups is 2. The number of nitrogens with one attached hydrogen (secondary N) is 1. The number of tetrazole rings is 1. The number of pyridine rings is 1. The smallest absolute Gasteiger partial charge is 0.254 e. The quantitative estimate of drug-likeness (QED) is 0.544. The normalized spacial score (nSPS) is 18.4. The summed E-state index contributed by atoms with van der Waals surface area (Å²) in [6, 6.07) is 8.59. The van der Waals surface area contributed by atoms with Crippen molar-refractivity contribution >= 4 is 27.7 Å². The van der Waals surface area contributed by atoms with Gasteiger partial charge in [-0.15, -0.1) is 5.10 Å². The van der Waals surface area contributed by atoms with Crippen LogP contribution in [0.3, 0.4) is 0 Å². The third kappa shape index (κ3) is 5.05. The molecule has 1 aliphatic carbocycles. The zero-order valence-electron chi connectivity index (χ0n) is 16.4. The molecule has 0 bridgehead atoms. The molecule has 3 aromatic rings. The predicted molar refractivity (Wildman–Crippen MR) is 114 cm³/mol. The molecular formula is C20H20BrN7O3. The topological polar surface area (TPSA) is 138 Å². The SMILES string of the molecule is NC(=O)c1cccnc1OC1CCC(NC(=O)c2cc(Br)cc(-n3cnnn3)c2)CC1. The Kier molecular flexibility index (Phi) is 6.21. The van der Waals surface area contributed by atoms with E-state index >= 15 is 0 Å². The van der Waals surface area contributed by atoms with E-state index in [1.165, 1.54) is 11.0 Å². The van der Waals surface area contributed by atoms with Gasteiger partial charge < -0.3 is 15.8 Å². The summed E-state index contributed by atoms with van der Waals surface area (Å²) >= 11 is 3.43. The van der Waals surface area contributed by atoms with Crippen LogP contribution in [-0.2, 0) is 0 Å². The lowest BCUT2D eigenvalue weighted by atomic mass is 9.92. The molecule has 1 aromatic carbocycles. The lowest BCUT2D eigenvalue weighted by Crippen LogP contribution is -2.40. The third-order valence-corrected chi connectivity index (χ3v) is 5.54. The molecule has 10 nitrogen and oxygen atoms in total. The second-order valence-electron chi connectivity index (χ2n) is 7.24. The Hall–Kier alpha value is -3.34. The largest absolute Gasteiger partial charge is 0.474 e. The molecular weight excluding hydrogens is 466 g/mol. The van der Waals surface area contributed by atoms with Gasteiger partial charge in [0.15, 0.2) is 0 Å². The second kappa shape index (κ2) is 9.21. The minimum absolute atomic E-state index is 0.0298. The van der Waals surface area contributed by atoms with Gasteiger partial charge in [-0.1, -0.05) is 15.9 Å². The number of halogens is 1. The fourth-order valence-corrected chi connectivity index (χ4v) is 4.02. The molecule has 1 saturated carbocycles. The number of aromatic nitrogens is 5. The maximum atomic E-state index is 12.8. The fraction of sp³-hybridized carbons (Fsp3) is 0.300. The standard InChI is InChI=1S/C20H20BrN7O3/c21-13-8-12(9-15(10-13)28-11-24-26-27-28)19(30)25-14-3-5-16(6-4-14)31-20-17(18(22)29)2-1-7-23-20/h1-2,7-11,14,16H,3-6H2,(H2,22,29)(H,25,30). The zero-order chi connectivity index (χ0) is 21.8. The third-order valence-electron chi connectivity index (χ3n) is 5.08. The number of benzene rings is 1. The zero-order valence-corrected chi connectivity index (χ0v) is 18.0. The predicted octanol–water partition coefficient (Wildman–Crippen LogP) is 2.04. The van der Waals surface area contributed by atoms with Crippen LogP contribution >= 0.6 is 15.9 Å². The van der Waals surface area contributed by atoms with Gasteiger partial charge in [0.2, 0.25) is 5.88 Å². The van der Waals surface area contributed by atoms with E-state index in [1.807, 2.05) is 6.07 Å². The van der Waals surface area contributed by atoms with E-state index in [9.17, 15) is 9.59 Å². The first kappa shape index (κ1) is 20.9. The van der Waals surface area contributed by atoms with Crippen molar-refractivity contribution in [2.75, 3.05) is 0 Å². The van der Waals surface area contributed by atoms with E-state index in [0.29, 0.717) is 11.3 Å². The van der Waals surface area contributed by atoms with E-state index in [4.69, 9.17) is 10.5 Å². The average Bonchev–Trinajstić information content (AvgIpc) is 3.30. The van der Waals surface area contributed by atoms with Crippen molar-refractivity contribution in [3.8, 4) is 11.6 Å². The van der Waals surface area contributed by atoms with Crippen molar-refractivity contribution in [2.24, 2.45) is 5.73 Å². The Morgan fingerprint density at radius 1 is 1.19 bits per heavy atom. The Labute approximate surface area is 186 Å². The van der Waals surface area contributed by atoms with Crippen molar-refractivity contribution in [2.45, 2.75) is 37.8 Å². The van der Waals surface area contributed by atoms with Gasteiger partial charge >= 0.3 is 0 Å². The van der Waals surface area contributed by atoms with Crippen LogP contribution in [-0.4, -0.2) is 49.2 Å². The van der Waals surface area contributed by atoms with Crippen molar-refractivity contribution in [3.63, 3.8) is 0 Å². The lowest BCUT2D eigenvalue weighted by Gasteiger charge is -2.29. The van der Waals surface area contributed by atoms with Crippen LogP contribution < -0.4 is 15.8 Å². The number of ether oxygens (including phenoxy) is 1. The highest BCUT2D eigenvalue weighted by Gasteiger charge is 2.25. The first-order chi connectivity index (χ1) is 15.0. The van der Waals surface area contributed by atoms with Gasteiger partial charge in [0.05, 0.1) is 5.69 Å². The number of hydrogen-bond donors (Lipinski definition) is 2. The van der Waals surface area contributed by atoms with Crippen LogP contribution in [0.1, 0.15) is 46.4 Å². The lowest BCUT2D eigenvalue weighted by molar-refractivity contribution is 0.0881. The molecule has 0 radical (unpaired) electrons. The molecule has 1 fully saturated rings. The van der Waals surface area contributed by atoms with Crippen LogP contribution in [0.2, 0.25) is 0 Å². The summed E-state index contributed by atoms with van der Waals surface area (Å²) in [5.74, 6) is -0.480. The Morgan fingerprint density at radius 3 is 2.71 bits per heavy atom. The van der Waals surface area contributed by atoms with Gasteiger partial charge in [0.1, 0.15) is 18.0 Å². The van der Waals surface area contributed by atoms with Crippen LogP contribution in [0.15, 0.2) is 47.3 Å². The molecule has 31 heavy (non-hydrogen) atoms. The maximum Gasteiger partial charge on any atom is 0.254 e. The molecule has 11 heteroatoms. The van der Waals surface area contributed by atoms with Crippen LogP contribution in [0.25, 0.3) is 5.69 Å². The summed E-state index contributed by atoms with van der Waals surface area (Å²) < 4.78 is 8.15. The van der Waals surface area contributed by atoms with Crippen LogP contribution in [0.5, 0.6) is 5.88 Å². The number of amides is 2. The fourth-order valence-electron chi connectivity index (χ4n) is 3.54. The Bertz CT molecular complexity index is 1080. The molecule has 1 aliphatic rings. The second-order valence-corrected chi connectivity index (χ2v) is 8.15. The highest BCUT2D eigenvalue weighted by Crippen LogP contribution is 2.25. The molecule has 160 valence electrons. The molecule has 0 atom stereocenters. The number of carbonyl (C=O) groups excluding carboxylic acids is 2. The van der Waals surface area contributed by atoms with Gasteiger partial charge in [0, 0.05) is 22.3 Å². The first-order valence-electron chi connectivity index (χ1n) is 9.76. The summed E-state index contributed by atoms with van der Waals surface area (Å²) in [6.45, 7) is 0. The summed E-state index contributed by atoms with van der Waals surface area (Å²) in [5.41, 5.74) is 6.85. The van der Waals surface area contributed by atoms with Gasteiger partial charge in [-0.05, 0) is 66.4 Å². The van der Waals surface area contributed by atoms with Gasteiger partial charge in [-0.3, -0.25) is 9.59 Å². The minimum atomic E-state index is -0.570. The molecule has 0 spiro atoms. The number of nitrogens with two attached hydrogens (primary N) is 1. The Balaban J connectivity index is 1.35. The van der Waals surface area contributed by atoms with Crippen molar-refractivity contribution in [3.05, 3.63) is 58.5 Å². The van der Waals surface area contributed by atoms with Crippen LogP contribution in [0.4, 0.5) is 0 Å². The monoisotopic (exact) mass is 485 g/mol. The Morgan fingerprint density at radius 2 is 2.00 bits per heavy atom. The van der Waals surface area contributed by atoms with Crippen LogP contribution in [0, 0.1) is 0 Å². The molecule has 3 N–H and O–H groups in total. The molecule has 4 rings (SSSR count).